The van der Waals surface area contributed by atoms with Gasteiger partial charge in [0.05, 0.1) is 5.02 Å². The van der Waals surface area contributed by atoms with Crippen LogP contribution in [0.2, 0.25) is 5.02 Å². The summed E-state index contributed by atoms with van der Waals surface area (Å²) in [5.74, 6) is -2.74. The van der Waals surface area contributed by atoms with E-state index in [1.165, 1.54) is 6.07 Å². The highest BCUT2D eigenvalue weighted by molar-refractivity contribution is 8.15. The molecule has 16 heteroatoms. The van der Waals surface area contributed by atoms with Gasteiger partial charge in [0.25, 0.3) is 15.9 Å². The third-order valence-corrected chi connectivity index (χ3v) is 6.78. The quantitative estimate of drug-likeness (QED) is 0.480. The molecule has 3 rings (SSSR count). The van der Waals surface area contributed by atoms with E-state index in [2.05, 4.69) is 15.0 Å². The predicted molar refractivity (Wildman–Crippen MR) is 112 cm³/mol. The normalized spacial score (nSPS) is 18.4. The van der Waals surface area contributed by atoms with Crippen LogP contribution in [-0.2, 0) is 16.6 Å². The molecule has 0 spiro atoms. The van der Waals surface area contributed by atoms with Crippen LogP contribution in [0.25, 0.3) is 0 Å². The van der Waals surface area contributed by atoms with Gasteiger partial charge in [0.1, 0.15) is 16.5 Å². The minimum Gasteiger partial charge on any atom is -0.404 e. The molecule has 0 fully saturated rings. The summed E-state index contributed by atoms with van der Waals surface area (Å²) in [4.78, 5) is 14.8. The molecule has 0 saturated carbocycles. The van der Waals surface area contributed by atoms with Gasteiger partial charge in [0, 0.05) is 12.1 Å². The van der Waals surface area contributed by atoms with Crippen molar-refractivity contribution in [3.05, 3.63) is 58.4 Å². The van der Waals surface area contributed by atoms with Crippen molar-refractivity contribution in [1.82, 2.24) is 10.0 Å². The number of ether oxygens (including phenoxy) is 1. The molecule has 0 aliphatic carbocycles. The second-order valence-electron chi connectivity index (χ2n) is 6.56. The zero-order valence-corrected chi connectivity index (χ0v) is 18.8. The lowest BCUT2D eigenvalue weighted by Crippen LogP contribution is -2.29. The van der Waals surface area contributed by atoms with E-state index in [9.17, 15) is 40.3 Å². The highest BCUT2D eigenvalue weighted by Gasteiger charge is 2.33. The van der Waals surface area contributed by atoms with E-state index >= 15 is 0 Å². The molecule has 0 bridgehead atoms. The predicted octanol–water partition coefficient (Wildman–Crippen LogP) is 3.30. The van der Waals surface area contributed by atoms with Gasteiger partial charge in [-0.05, 0) is 47.7 Å². The fourth-order valence-electron chi connectivity index (χ4n) is 2.60. The van der Waals surface area contributed by atoms with Crippen molar-refractivity contribution in [3.8, 4) is 5.75 Å². The van der Waals surface area contributed by atoms with Crippen LogP contribution in [0.4, 0.5) is 22.0 Å². The molecular formula is C18H13ClF5N3O5S2. The first-order valence-corrected chi connectivity index (χ1v) is 11.7. The van der Waals surface area contributed by atoms with Crippen molar-refractivity contribution in [2.45, 2.75) is 29.5 Å². The minimum atomic E-state index is -4.93. The molecule has 2 atom stereocenters. The van der Waals surface area contributed by atoms with E-state index in [-0.39, 0.29) is 17.1 Å². The monoisotopic (exact) mass is 545 g/mol. The van der Waals surface area contributed by atoms with Crippen LogP contribution in [0.1, 0.15) is 15.9 Å². The van der Waals surface area contributed by atoms with Crippen molar-refractivity contribution in [1.29, 1.82) is 0 Å². The topological polar surface area (TPSA) is 117 Å². The van der Waals surface area contributed by atoms with E-state index in [1.807, 2.05) is 4.72 Å². The summed E-state index contributed by atoms with van der Waals surface area (Å²) in [6, 6.07) is 5.77. The summed E-state index contributed by atoms with van der Waals surface area (Å²) in [5, 5.41) is 10.8. The molecule has 1 heterocycles. The average molecular weight is 546 g/mol. The zero-order valence-electron chi connectivity index (χ0n) is 16.4. The van der Waals surface area contributed by atoms with Crippen LogP contribution in [0.3, 0.4) is 0 Å². The number of rotatable bonds is 6. The third kappa shape index (κ3) is 6.49. The number of halogens is 6. The maximum Gasteiger partial charge on any atom is 0.573 e. The number of aliphatic hydroxyl groups is 1. The number of thioether (sulfide) groups is 1. The molecular weight excluding hydrogens is 533 g/mol. The van der Waals surface area contributed by atoms with Crippen molar-refractivity contribution in [2.75, 3.05) is 0 Å². The molecule has 0 aromatic heterocycles. The number of hydrogen-bond donors (Lipinski definition) is 3. The number of sulfonamides is 1. The molecule has 8 nitrogen and oxygen atoms in total. The molecule has 0 saturated heterocycles. The van der Waals surface area contributed by atoms with Crippen LogP contribution in [0.15, 0.2) is 46.3 Å². The number of carbonyl (C=O) groups excluding carboxylic acids is 1. The van der Waals surface area contributed by atoms with Gasteiger partial charge >= 0.3 is 6.36 Å². The SMILES string of the molecule is O=C(NCc1ccc(OC(F)(F)F)c(Cl)c1)c1ccc(S(=O)(=O)NC2=N[C@H](O)[C@@H](F)S2)c(F)c1. The Bertz CT molecular complexity index is 1240. The summed E-state index contributed by atoms with van der Waals surface area (Å²) in [5.41, 5.74) is -1.83. The summed E-state index contributed by atoms with van der Waals surface area (Å²) < 4.78 is 94.8. The molecule has 2 aromatic rings. The van der Waals surface area contributed by atoms with Gasteiger partial charge < -0.3 is 15.2 Å². The standard InChI is InChI=1S/C18H13ClF5N3O5S2/c19-10-5-8(1-3-12(10)32-18(22,23)24)7-25-15(28)9-2-4-13(11(20)6-9)34(30,31)27-17-26-16(29)14(21)33-17/h1-6,14,16,29H,7H2,(H,25,28)(H,26,27)/t14-,16+/m0/s1. The van der Waals surface area contributed by atoms with Gasteiger partial charge in [-0.25, -0.2) is 22.2 Å². The molecule has 3 N–H and O–H groups in total. The Morgan fingerprint density at radius 2 is 1.94 bits per heavy atom. The fraction of sp³-hybridized carbons (Fsp3) is 0.222. The molecule has 0 radical (unpaired) electrons. The lowest BCUT2D eigenvalue weighted by Gasteiger charge is -2.12. The van der Waals surface area contributed by atoms with Crippen molar-refractivity contribution < 1.29 is 45.0 Å². The van der Waals surface area contributed by atoms with E-state index in [0.29, 0.717) is 23.4 Å². The number of nitrogens with zero attached hydrogens (tertiary/aromatic N) is 1. The minimum absolute atomic E-state index is 0.197. The number of carbonyl (C=O) groups is 1. The number of alkyl halides is 4. The van der Waals surface area contributed by atoms with E-state index in [0.717, 1.165) is 24.3 Å². The highest BCUT2D eigenvalue weighted by Crippen LogP contribution is 2.31. The molecule has 1 aliphatic heterocycles. The van der Waals surface area contributed by atoms with Gasteiger partial charge in [0.15, 0.2) is 16.9 Å². The first-order chi connectivity index (χ1) is 15.7. The van der Waals surface area contributed by atoms with Crippen LogP contribution >= 0.6 is 23.4 Å². The smallest absolute Gasteiger partial charge is 0.404 e. The zero-order chi connectivity index (χ0) is 25.3. The number of nitrogens with one attached hydrogen (secondary N) is 2. The maximum absolute atomic E-state index is 14.4. The van der Waals surface area contributed by atoms with Crippen molar-refractivity contribution >= 4 is 44.5 Å². The Morgan fingerprint density at radius 1 is 1.24 bits per heavy atom. The lowest BCUT2D eigenvalue weighted by atomic mass is 10.2. The molecule has 2 aromatic carbocycles. The number of amidine groups is 1. The fourth-order valence-corrected chi connectivity index (χ4v) is 4.89. The van der Waals surface area contributed by atoms with Crippen LogP contribution < -0.4 is 14.8 Å². The van der Waals surface area contributed by atoms with Gasteiger partial charge in [-0.15, -0.1) is 13.2 Å². The van der Waals surface area contributed by atoms with E-state index < -0.39 is 55.7 Å². The van der Waals surface area contributed by atoms with Crippen LogP contribution in [-0.4, -0.2) is 42.7 Å². The maximum atomic E-state index is 14.4. The average Bonchev–Trinajstić information content (AvgIpc) is 3.02. The number of benzene rings is 2. The number of aliphatic imine (C=N–C) groups is 1. The second-order valence-corrected chi connectivity index (χ2v) is 9.69. The molecule has 34 heavy (non-hydrogen) atoms. The number of hydrogen-bond acceptors (Lipinski definition) is 7. The van der Waals surface area contributed by atoms with Crippen LogP contribution in [0.5, 0.6) is 5.75 Å². The Labute approximate surface area is 198 Å². The Kier molecular flexibility index (Phi) is 7.59. The molecule has 1 aliphatic rings. The lowest BCUT2D eigenvalue weighted by molar-refractivity contribution is -0.274. The van der Waals surface area contributed by atoms with Gasteiger partial charge in [-0.3, -0.25) is 9.52 Å². The summed E-state index contributed by atoms with van der Waals surface area (Å²) in [7, 11) is -4.53. The number of aliphatic hydroxyl groups excluding tert-OH is 1. The van der Waals surface area contributed by atoms with Crippen LogP contribution in [0, 0.1) is 5.82 Å². The largest absolute Gasteiger partial charge is 0.573 e. The second kappa shape index (κ2) is 9.93. The molecule has 1 amide bonds. The summed E-state index contributed by atoms with van der Waals surface area (Å²) >= 11 is 6.03. The molecule has 0 unspecified atom stereocenters. The Hall–Kier alpha value is -2.62. The van der Waals surface area contributed by atoms with Gasteiger partial charge in [0.2, 0.25) is 0 Å². The molecule has 184 valence electrons. The Morgan fingerprint density at radius 3 is 2.50 bits per heavy atom. The van der Waals surface area contributed by atoms with E-state index in [1.54, 1.807) is 0 Å². The van der Waals surface area contributed by atoms with E-state index in [4.69, 9.17) is 11.6 Å². The summed E-state index contributed by atoms with van der Waals surface area (Å²) in [6.45, 7) is -0.197. The van der Waals surface area contributed by atoms with Crippen molar-refractivity contribution in [2.24, 2.45) is 4.99 Å². The number of amides is 1. The van der Waals surface area contributed by atoms with Gasteiger partial charge in [-0.1, -0.05) is 17.7 Å². The van der Waals surface area contributed by atoms with Gasteiger partial charge in [-0.2, -0.15) is 0 Å². The third-order valence-electron chi connectivity index (χ3n) is 4.09. The highest BCUT2D eigenvalue weighted by atomic mass is 35.5. The Balaban J connectivity index is 1.66. The first-order valence-electron chi connectivity index (χ1n) is 8.96. The summed E-state index contributed by atoms with van der Waals surface area (Å²) in [6.07, 6.45) is -6.69. The van der Waals surface area contributed by atoms with Crippen molar-refractivity contribution in [3.63, 3.8) is 0 Å². The first kappa shape index (κ1) is 26.0.